The summed E-state index contributed by atoms with van der Waals surface area (Å²) in [6.45, 7) is 6.04. The predicted molar refractivity (Wildman–Crippen MR) is 95.3 cm³/mol. The molecule has 1 aromatic rings. The Morgan fingerprint density at radius 1 is 1.29 bits per heavy atom. The first-order valence-electron chi connectivity index (χ1n) is 8.21. The maximum Gasteiger partial charge on any atom is 0.410 e. The third-order valence-electron chi connectivity index (χ3n) is 3.76. The number of likely N-dealkylation sites (tertiary alicyclic amines) is 1. The average Bonchev–Trinajstić information content (AvgIpc) is 2.97. The zero-order valence-electron chi connectivity index (χ0n) is 14.4. The van der Waals surface area contributed by atoms with E-state index in [0.717, 1.165) is 12.0 Å². The second-order valence-corrected chi connectivity index (χ2v) is 7.40. The minimum atomic E-state index is -0.558. The van der Waals surface area contributed by atoms with E-state index >= 15 is 0 Å². The van der Waals surface area contributed by atoms with Gasteiger partial charge in [0.15, 0.2) is 5.78 Å². The van der Waals surface area contributed by atoms with Crippen molar-refractivity contribution < 1.29 is 14.3 Å². The third kappa shape index (κ3) is 5.38. The highest BCUT2D eigenvalue weighted by molar-refractivity contribution is 6.30. The summed E-state index contributed by atoms with van der Waals surface area (Å²) in [5.74, 6) is -0.0488. The monoisotopic (exact) mass is 349 g/mol. The highest BCUT2D eigenvalue weighted by Gasteiger charge is 2.35. The number of nitrogens with zero attached hydrogens (tertiary/aromatic N) is 1. The van der Waals surface area contributed by atoms with Crippen LogP contribution in [0.1, 0.15) is 39.2 Å². The normalized spacial score (nSPS) is 18.2. The van der Waals surface area contributed by atoms with Gasteiger partial charge in [0.05, 0.1) is 6.04 Å². The van der Waals surface area contributed by atoms with Gasteiger partial charge in [-0.1, -0.05) is 29.8 Å². The van der Waals surface area contributed by atoms with Crippen LogP contribution in [0.4, 0.5) is 4.79 Å². The summed E-state index contributed by atoms with van der Waals surface area (Å²) in [6.07, 6.45) is 5.15. The fraction of sp³-hybridized carbons (Fsp3) is 0.474. The quantitative estimate of drug-likeness (QED) is 0.756. The van der Waals surface area contributed by atoms with Gasteiger partial charge in [0.1, 0.15) is 5.60 Å². The molecule has 1 aliphatic heterocycles. The van der Waals surface area contributed by atoms with Gasteiger partial charge >= 0.3 is 6.09 Å². The van der Waals surface area contributed by atoms with Gasteiger partial charge in [-0.2, -0.15) is 0 Å². The molecule has 0 radical (unpaired) electrons. The van der Waals surface area contributed by atoms with Crippen LogP contribution >= 0.6 is 11.6 Å². The Kier molecular flexibility index (Phi) is 6.05. The van der Waals surface area contributed by atoms with Crippen LogP contribution in [0, 0.1) is 0 Å². The lowest BCUT2D eigenvalue weighted by atomic mass is 10.1. The second kappa shape index (κ2) is 7.84. The van der Waals surface area contributed by atoms with Crippen LogP contribution < -0.4 is 0 Å². The summed E-state index contributed by atoms with van der Waals surface area (Å²) in [6, 6.07) is 7.10. The zero-order chi connectivity index (χ0) is 17.7. The number of ether oxygens (including phenoxy) is 1. The molecule has 2 rings (SSSR count). The summed E-state index contributed by atoms with van der Waals surface area (Å²) >= 11 is 5.85. The van der Waals surface area contributed by atoms with Gasteiger partial charge in [0.2, 0.25) is 0 Å². The number of ketones is 1. The SMILES string of the molecule is CC(C)(C)OC(=O)N1CCCC1C(=O)C=CCc1ccc(Cl)cc1. The molecule has 1 saturated heterocycles. The van der Waals surface area contributed by atoms with Crippen molar-refractivity contribution in [3.63, 3.8) is 0 Å². The van der Waals surface area contributed by atoms with Gasteiger partial charge in [-0.25, -0.2) is 4.79 Å². The van der Waals surface area contributed by atoms with E-state index in [1.165, 1.54) is 0 Å². The summed E-state index contributed by atoms with van der Waals surface area (Å²) < 4.78 is 5.39. The van der Waals surface area contributed by atoms with Crippen LogP contribution in [-0.2, 0) is 16.0 Å². The van der Waals surface area contributed by atoms with E-state index in [0.29, 0.717) is 24.4 Å². The van der Waals surface area contributed by atoms with Crippen molar-refractivity contribution in [2.75, 3.05) is 6.54 Å². The van der Waals surface area contributed by atoms with E-state index in [4.69, 9.17) is 16.3 Å². The van der Waals surface area contributed by atoms with Crippen molar-refractivity contribution in [2.45, 2.75) is 51.7 Å². The molecular formula is C19H24ClNO3. The number of allylic oxidation sites excluding steroid dienone is 1. The van der Waals surface area contributed by atoms with Crippen LogP contribution in [-0.4, -0.2) is 35.0 Å². The van der Waals surface area contributed by atoms with Gasteiger partial charge in [-0.05, 0) is 63.8 Å². The zero-order valence-corrected chi connectivity index (χ0v) is 15.2. The first-order valence-corrected chi connectivity index (χ1v) is 8.58. The topological polar surface area (TPSA) is 46.6 Å². The summed E-state index contributed by atoms with van der Waals surface area (Å²) in [5, 5.41) is 0.692. The fourth-order valence-electron chi connectivity index (χ4n) is 2.64. The van der Waals surface area contributed by atoms with Crippen molar-refractivity contribution in [3.05, 3.63) is 47.0 Å². The molecule has 1 unspecified atom stereocenters. The van der Waals surface area contributed by atoms with E-state index < -0.39 is 17.7 Å². The number of carbonyl (C=O) groups excluding carboxylic acids is 2. The van der Waals surface area contributed by atoms with E-state index in [2.05, 4.69) is 0 Å². The van der Waals surface area contributed by atoms with Crippen molar-refractivity contribution in [1.82, 2.24) is 4.90 Å². The Morgan fingerprint density at radius 3 is 2.58 bits per heavy atom. The number of halogens is 1. The summed E-state index contributed by atoms with van der Waals surface area (Å²) in [7, 11) is 0. The van der Waals surface area contributed by atoms with Gasteiger partial charge in [0.25, 0.3) is 0 Å². The minimum Gasteiger partial charge on any atom is -0.444 e. The van der Waals surface area contributed by atoms with Crippen LogP contribution in [0.3, 0.4) is 0 Å². The molecule has 5 heteroatoms. The number of hydrogen-bond acceptors (Lipinski definition) is 3. The summed E-state index contributed by atoms with van der Waals surface area (Å²) in [4.78, 5) is 26.2. The number of carbonyl (C=O) groups is 2. The molecule has 24 heavy (non-hydrogen) atoms. The lowest BCUT2D eigenvalue weighted by molar-refractivity contribution is -0.118. The molecule has 1 aliphatic rings. The van der Waals surface area contributed by atoms with Crippen molar-refractivity contribution in [2.24, 2.45) is 0 Å². The Labute approximate surface area is 148 Å². The molecule has 0 spiro atoms. The number of rotatable bonds is 4. The van der Waals surface area contributed by atoms with Crippen LogP contribution in [0.5, 0.6) is 0 Å². The number of amides is 1. The highest BCUT2D eigenvalue weighted by Crippen LogP contribution is 2.22. The van der Waals surface area contributed by atoms with Gasteiger partial charge < -0.3 is 4.74 Å². The number of benzene rings is 1. The first kappa shape index (κ1) is 18.5. The first-order chi connectivity index (χ1) is 11.3. The molecule has 0 aliphatic carbocycles. The maximum atomic E-state index is 12.4. The Hall–Kier alpha value is -1.81. The van der Waals surface area contributed by atoms with E-state index in [1.54, 1.807) is 11.0 Å². The lowest BCUT2D eigenvalue weighted by Crippen LogP contribution is -2.42. The highest BCUT2D eigenvalue weighted by atomic mass is 35.5. The Bertz CT molecular complexity index is 616. The van der Waals surface area contributed by atoms with Gasteiger partial charge in [0, 0.05) is 11.6 Å². The molecule has 0 saturated carbocycles. The van der Waals surface area contributed by atoms with Crippen LogP contribution in [0.25, 0.3) is 0 Å². The largest absolute Gasteiger partial charge is 0.444 e. The molecule has 1 amide bonds. The van der Waals surface area contributed by atoms with Crippen molar-refractivity contribution in [1.29, 1.82) is 0 Å². The maximum absolute atomic E-state index is 12.4. The average molecular weight is 350 g/mol. The van der Waals surface area contributed by atoms with Crippen LogP contribution in [0.2, 0.25) is 5.02 Å². The molecule has 0 aromatic heterocycles. The Morgan fingerprint density at radius 2 is 1.96 bits per heavy atom. The molecule has 1 atom stereocenters. The molecule has 0 N–H and O–H groups in total. The van der Waals surface area contributed by atoms with Crippen molar-refractivity contribution >= 4 is 23.5 Å². The van der Waals surface area contributed by atoms with Gasteiger partial charge in [-0.15, -0.1) is 0 Å². The van der Waals surface area contributed by atoms with Crippen LogP contribution in [0.15, 0.2) is 36.4 Å². The molecule has 1 heterocycles. The lowest BCUT2D eigenvalue weighted by Gasteiger charge is -2.27. The predicted octanol–water partition coefficient (Wildman–Crippen LogP) is 4.41. The fourth-order valence-corrected chi connectivity index (χ4v) is 2.77. The molecule has 1 fully saturated rings. The molecular weight excluding hydrogens is 326 g/mol. The number of hydrogen-bond donors (Lipinski definition) is 0. The molecule has 1 aromatic carbocycles. The molecule has 0 bridgehead atoms. The standard InChI is InChI=1S/C19H24ClNO3/c1-19(2,3)24-18(23)21-13-5-7-16(21)17(22)8-4-6-14-9-11-15(20)12-10-14/h4,8-12,16H,5-7,13H2,1-3H3. The molecule has 130 valence electrons. The second-order valence-electron chi connectivity index (χ2n) is 6.97. The third-order valence-corrected chi connectivity index (χ3v) is 4.01. The van der Waals surface area contributed by atoms with E-state index in [-0.39, 0.29) is 5.78 Å². The van der Waals surface area contributed by atoms with Crippen molar-refractivity contribution in [3.8, 4) is 0 Å². The Balaban J connectivity index is 1.93. The summed E-state index contributed by atoms with van der Waals surface area (Å²) in [5.41, 5.74) is 0.524. The smallest absolute Gasteiger partial charge is 0.410 e. The molecule has 4 nitrogen and oxygen atoms in total. The van der Waals surface area contributed by atoms with E-state index in [1.807, 2.05) is 51.1 Å². The van der Waals surface area contributed by atoms with E-state index in [9.17, 15) is 9.59 Å². The van der Waals surface area contributed by atoms with Gasteiger partial charge in [-0.3, -0.25) is 9.69 Å². The minimum absolute atomic E-state index is 0.0488.